The Morgan fingerprint density at radius 3 is 2.45 bits per heavy atom. The Kier molecular flexibility index (Phi) is 8.02. The number of amides is 2. The Morgan fingerprint density at radius 1 is 1.03 bits per heavy atom. The Labute approximate surface area is 192 Å². The van der Waals surface area contributed by atoms with Gasteiger partial charge in [0, 0.05) is 25.9 Å². The summed E-state index contributed by atoms with van der Waals surface area (Å²) in [5, 5.41) is 2.86. The molecular weight excluding hydrogens is 447 g/mol. The molecule has 0 aromatic heterocycles. The molecule has 0 fully saturated rings. The maximum absolute atomic E-state index is 13.1. The van der Waals surface area contributed by atoms with E-state index in [1.165, 1.54) is 6.07 Å². The number of methoxy groups -OCH3 is 1. The Morgan fingerprint density at radius 2 is 1.76 bits per heavy atom. The number of carbonyl (C=O) groups excluding carboxylic acids is 1. The number of ether oxygens (including phenoxy) is 1. The molecule has 1 N–H and O–H groups in total. The minimum Gasteiger partial charge on any atom is -0.383 e. The Bertz CT molecular complexity index is 1200. The highest BCUT2D eigenvalue weighted by Crippen LogP contribution is 2.21. The van der Waals surface area contributed by atoms with Gasteiger partial charge in [0.1, 0.15) is 16.5 Å². The second-order valence-electron chi connectivity index (χ2n) is 7.35. The van der Waals surface area contributed by atoms with E-state index in [1.54, 1.807) is 36.3 Å². The molecule has 0 atom stereocenters. The van der Waals surface area contributed by atoms with Gasteiger partial charge in [-0.25, -0.2) is 9.18 Å². The second kappa shape index (κ2) is 10.9. The van der Waals surface area contributed by atoms with Gasteiger partial charge in [-0.05, 0) is 66.6 Å². The minimum absolute atomic E-state index is 0.0857. The van der Waals surface area contributed by atoms with Gasteiger partial charge in [0.2, 0.25) is 0 Å². The van der Waals surface area contributed by atoms with E-state index >= 15 is 0 Å². The number of urea groups is 1. The topological polar surface area (TPSA) is 84.9 Å². The van der Waals surface area contributed by atoms with E-state index in [-0.39, 0.29) is 23.2 Å². The molecule has 3 aromatic carbocycles. The van der Waals surface area contributed by atoms with Crippen LogP contribution in [0, 0.1) is 12.7 Å². The molecule has 0 saturated carbocycles. The Hall–Kier alpha value is -3.43. The van der Waals surface area contributed by atoms with Crippen molar-refractivity contribution in [1.29, 1.82) is 0 Å². The van der Waals surface area contributed by atoms with Crippen LogP contribution in [-0.2, 0) is 21.4 Å². The van der Waals surface area contributed by atoms with Crippen molar-refractivity contribution in [1.82, 2.24) is 4.90 Å². The molecule has 9 heteroatoms. The lowest BCUT2D eigenvalue weighted by molar-refractivity contribution is 0.153. The molecule has 33 heavy (non-hydrogen) atoms. The van der Waals surface area contributed by atoms with Gasteiger partial charge in [0.15, 0.2) is 0 Å². The van der Waals surface area contributed by atoms with Gasteiger partial charge in [-0.2, -0.15) is 8.42 Å². The number of carbonyl (C=O) groups is 1. The van der Waals surface area contributed by atoms with Crippen LogP contribution in [-0.4, -0.2) is 39.6 Å². The van der Waals surface area contributed by atoms with Crippen LogP contribution in [0.4, 0.5) is 14.9 Å². The van der Waals surface area contributed by atoms with Gasteiger partial charge in [-0.3, -0.25) is 0 Å². The molecule has 0 aliphatic carbocycles. The van der Waals surface area contributed by atoms with Gasteiger partial charge in [-0.15, -0.1) is 0 Å². The zero-order valence-electron chi connectivity index (χ0n) is 18.3. The lowest BCUT2D eigenvalue weighted by Gasteiger charge is -2.23. The molecule has 0 saturated heterocycles. The van der Waals surface area contributed by atoms with Crippen LogP contribution in [0.3, 0.4) is 0 Å². The standard InChI is InChI=1S/C24H25FN2O5S/c1-18-5-3-7-21(15-18)26-24(28)27(13-14-31-2)17-19-6-4-8-22(16-19)32-33(29,30)23-11-9-20(25)10-12-23/h3-12,15-16H,13-14,17H2,1-2H3,(H,26,28). The van der Waals surface area contributed by atoms with Crippen molar-refractivity contribution in [2.45, 2.75) is 18.4 Å². The highest BCUT2D eigenvalue weighted by Gasteiger charge is 2.18. The zero-order chi connectivity index (χ0) is 23.8. The average Bonchev–Trinajstić information content (AvgIpc) is 2.77. The predicted octanol–water partition coefficient (Wildman–Crippen LogP) is 4.58. The molecule has 3 aromatic rings. The maximum atomic E-state index is 13.1. The smallest absolute Gasteiger partial charge is 0.339 e. The number of halogens is 1. The SMILES string of the molecule is COCCN(Cc1cccc(OS(=O)(=O)c2ccc(F)cc2)c1)C(=O)Nc1cccc(C)c1. The van der Waals surface area contributed by atoms with Crippen molar-refractivity contribution in [2.75, 3.05) is 25.6 Å². The summed E-state index contributed by atoms with van der Waals surface area (Å²) in [7, 11) is -2.58. The molecule has 0 spiro atoms. The third-order valence-electron chi connectivity index (χ3n) is 4.70. The third kappa shape index (κ3) is 7.03. The predicted molar refractivity (Wildman–Crippen MR) is 123 cm³/mol. The van der Waals surface area contributed by atoms with Crippen LogP contribution in [0.15, 0.2) is 77.7 Å². The number of benzene rings is 3. The van der Waals surface area contributed by atoms with Crippen LogP contribution in [0.5, 0.6) is 5.75 Å². The summed E-state index contributed by atoms with van der Waals surface area (Å²) in [6.07, 6.45) is 0. The largest absolute Gasteiger partial charge is 0.383 e. The number of hydrogen-bond donors (Lipinski definition) is 1. The number of hydrogen-bond acceptors (Lipinski definition) is 5. The summed E-state index contributed by atoms with van der Waals surface area (Å²) < 4.78 is 48.4. The van der Waals surface area contributed by atoms with Crippen LogP contribution in [0.2, 0.25) is 0 Å². The van der Waals surface area contributed by atoms with Crippen molar-refractivity contribution in [3.05, 3.63) is 89.7 Å². The molecule has 0 aliphatic rings. The van der Waals surface area contributed by atoms with Crippen molar-refractivity contribution < 1.29 is 26.5 Å². The van der Waals surface area contributed by atoms with Gasteiger partial charge >= 0.3 is 16.1 Å². The van der Waals surface area contributed by atoms with Crippen LogP contribution < -0.4 is 9.50 Å². The molecule has 0 bridgehead atoms. The number of nitrogens with zero attached hydrogens (tertiary/aromatic N) is 1. The van der Waals surface area contributed by atoms with Crippen molar-refractivity contribution >= 4 is 21.8 Å². The lowest BCUT2D eigenvalue weighted by atomic mass is 10.2. The molecule has 7 nitrogen and oxygen atoms in total. The summed E-state index contributed by atoms with van der Waals surface area (Å²) in [5.41, 5.74) is 2.35. The second-order valence-corrected chi connectivity index (χ2v) is 8.90. The fourth-order valence-electron chi connectivity index (χ4n) is 3.07. The van der Waals surface area contributed by atoms with Gasteiger partial charge in [0.05, 0.1) is 6.61 Å². The van der Waals surface area contributed by atoms with Crippen LogP contribution in [0.25, 0.3) is 0 Å². The summed E-state index contributed by atoms with van der Waals surface area (Å²) >= 11 is 0. The van der Waals surface area contributed by atoms with E-state index in [0.29, 0.717) is 24.4 Å². The van der Waals surface area contributed by atoms with Crippen LogP contribution in [0.1, 0.15) is 11.1 Å². The summed E-state index contributed by atoms with van der Waals surface area (Å²) in [6, 6.07) is 17.9. The van der Waals surface area contributed by atoms with E-state index in [1.807, 2.05) is 25.1 Å². The quantitative estimate of drug-likeness (QED) is 0.461. The summed E-state index contributed by atoms with van der Waals surface area (Å²) in [5.74, 6) is -0.460. The molecule has 2 amide bonds. The molecule has 0 aliphatic heterocycles. The molecular formula is C24H25FN2O5S. The Balaban J connectivity index is 1.74. The molecule has 0 heterocycles. The van der Waals surface area contributed by atoms with E-state index in [9.17, 15) is 17.6 Å². The first-order chi connectivity index (χ1) is 15.8. The van der Waals surface area contributed by atoms with Crippen LogP contribution >= 0.6 is 0 Å². The fourth-order valence-corrected chi connectivity index (χ4v) is 3.99. The lowest BCUT2D eigenvalue weighted by Crippen LogP contribution is -2.36. The van der Waals surface area contributed by atoms with Crippen molar-refractivity contribution in [3.63, 3.8) is 0 Å². The van der Waals surface area contributed by atoms with Crippen molar-refractivity contribution in [3.8, 4) is 5.75 Å². The molecule has 3 rings (SSSR count). The highest BCUT2D eigenvalue weighted by molar-refractivity contribution is 7.87. The van der Waals surface area contributed by atoms with Gasteiger partial charge in [-0.1, -0.05) is 24.3 Å². The monoisotopic (exact) mass is 472 g/mol. The van der Waals surface area contributed by atoms with E-state index < -0.39 is 15.9 Å². The first-order valence-corrected chi connectivity index (χ1v) is 11.6. The van der Waals surface area contributed by atoms with E-state index in [0.717, 1.165) is 29.8 Å². The molecule has 174 valence electrons. The van der Waals surface area contributed by atoms with Crippen molar-refractivity contribution in [2.24, 2.45) is 0 Å². The number of anilines is 1. The van der Waals surface area contributed by atoms with E-state index in [4.69, 9.17) is 8.92 Å². The van der Waals surface area contributed by atoms with Gasteiger partial charge in [0.25, 0.3) is 0 Å². The maximum Gasteiger partial charge on any atom is 0.339 e. The fraction of sp³-hybridized carbons (Fsp3) is 0.208. The van der Waals surface area contributed by atoms with E-state index in [2.05, 4.69) is 5.32 Å². The zero-order valence-corrected chi connectivity index (χ0v) is 19.1. The molecule has 0 unspecified atom stereocenters. The molecule has 0 radical (unpaired) electrons. The summed E-state index contributed by atoms with van der Waals surface area (Å²) in [6.45, 7) is 2.79. The average molecular weight is 473 g/mol. The first kappa shape index (κ1) is 24.2. The first-order valence-electron chi connectivity index (χ1n) is 10.2. The van der Waals surface area contributed by atoms with Gasteiger partial charge < -0.3 is 19.1 Å². The minimum atomic E-state index is -4.13. The number of rotatable bonds is 9. The summed E-state index contributed by atoms with van der Waals surface area (Å²) in [4.78, 5) is 14.3. The number of nitrogens with one attached hydrogen (secondary N) is 1. The number of aryl methyl sites for hydroxylation is 1. The normalized spacial score (nSPS) is 11.1. The third-order valence-corrected chi connectivity index (χ3v) is 5.96. The highest BCUT2D eigenvalue weighted by atomic mass is 32.2.